The first-order chi connectivity index (χ1) is 13.7. The van der Waals surface area contributed by atoms with E-state index < -0.39 is 0 Å². The van der Waals surface area contributed by atoms with Gasteiger partial charge in [-0.05, 0) is 19.3 Å². The first kappa shape index (κ1) is 24.9. The molecule has 1 aliphatic rings. The van der Waals surface area contributed by atoms with E-state index in [0.717, 1.165) is 18.4 Å². The van der Waals surface area contributed by atoms with Crippen molar-refractivity contribution in [2.75, 3.05) is 6.61 Å². The largest absolute Gasteiger partial charge is 0.396 e. The third-order valence-electron chi connectivity index (χ3n) is 5.78. The van der Waals surface area contributed by atoms with Gasteiger partial charge in [0.05, 0.1) is 5.92 Å². The summed E-state index contributed by atoms with van der Waals surface area (Å²) in [7, 11) is 0. The van der Waals surface area contributed by atoms with Gasteiger partial charge in [-0.1, -0.05) is 102 Å². The molecule has 1 saturated heterocycles. The summed E-state index contributed by atoms with van der Waals surface area (Å²) in [5.41, 5.74) is 0.931. The number of amides is 2. The summed E-state index contributed by atoms with van der Waals surface area (Å²) in [6.45, 7) is 2.30. The molecular formula is C24H43NO3. The van der Waals surface area contributed by atoms with Gasteiger partial charge in [0.15, 0.2) is 0 Å². The number of hydrogen-bond donors (Lipinski definition) is 2. The van der Waals surface area contributed by atoms with Gasteiger partial charge >= 0.3 is 0 Å². The van der Waals surface area contributed by atoms with Crippen molar-refractivity contribution in [3.05, 3.63) is 11.6 Å². The minimum atomic E-state index is -0.355. The fourth-order valence-corrected chi connectivity index (χ4v) is 4.03. The van der Waals surface area contributed by atoms with Crippen LogP contribution >= 0.6 is 0 Å². The van der Waals surface area contributed by atoms with Crippen LogP contribution in [0, 0.1) is 5.92 Å². The Morgan fingerprint density at radius 3 is 1.82 bits per heavy atom. The van der Waals surface area contributed by atoms with Crippen molar-refractivity contribution in [3.8, 4) is 0 Å². The van der Waals surface area contributed by atoms with Crippen LogP contribution in [0.25, 0.3) is 0 Å². The van der Waals surface area contributed by atoms with E-state index in [4.69, 9.17) is 0 Å². The van der Waals surface area contributed by atoms with Gasteiger partial charge in [-0.25, -0.2) is 0 Å². The highest BCUT2D eigenvalue weighted by Gasteiger charge is 2.32. The van der Waals surface area contributed by atoms with Gasteiger partial charge in [0.25, 0.3) is 0 Å². The van der Waals surface area contributed by atoms with Gasteiger partial charge in [-0.3, -0.25) is 14.9 Å². The molecule has 1 heterocycles. The Balaban J connectivity index is 1.98. The molecule has 0 aromatic heterocycles. The van der Waals surface area contributed by atoms with Crippen LogP contribution in [0.5, 0.6) is 0 Å². The smallest absolute Gasteiger partial charge is 0.234 e. The Morgan fingerprint density at radius 2 is 1.39 bits per heavy atom. The van der Waals surface area contributed by atoms with E-state index >= 15 is 0 Å². The van der Waals surface area contributed by atoms with Crippen molar-refractivity contribution < 1.29 is 14.7 Å². The number of allylic oxidation sites excluding steroid dienone is 1. The summed E-state index contributed by atoms with van der Waals surface area (Å²) in [5.74, 6) is -0.757. The zero-order chi connectivity index (χ0) is 20.5. The van der Waals surface area contributed by atoms with Crippen molar-refractivity contribution >= 4 is 11.8 Å². The molecule has 1 unspecified atom stereocenters. The number of unbranched alkanes of at least 4 members (excludes halogenated alkanes) is 14. The second-order valence-corrected chi connectivity index (χ2v) is 8.31. The highest BCUT2D eigenvalue weighted by Crippen LogP contribution is 2.24. The van der Waals surface area contributed by atoms with Crippen LogP contribution in [0.4, 0.5) is 0 Å². The van der Waals surface area contributed by atoms with Crippen LogP contribution in [0.2, 0.25) is 0 Å². The number of carbonyl (C=O) groups is 2. The number of nitrogens with one attached hydrogen (secondary N) is 1. The molecule has 4 nitrogen and oxygen atoms in total. The molecule has 0 spiro atoms. The standard InChI is InChI=1S/C24H43NO3/c1-2-3-4-5-6-7-8-9-10-11-12-13-14-15-16-17-21(18-19-26)22-20-23(27)25-24(22)28/h17,22,26H,2-16,18-20H2,1H3,(H,25,27,28). The summed E-state index contributed by atoms with van der Waals surface area (Å²) >= 11 is 0. The molecule has 4 heteroatoms. The second kappa shape index (κ2) is 16.8. The number of aliphatic hydroxyl groups is 1. The molecule has 0 saturated carbocycles. The first-order valence-electron chi connectivity index (χ1n) is 11.8. The molecule has 1 fully saturated rings. The van der Waals surface area contributed by atoms with Gasteiger partial charge in [-0.2, -0.15) is 0 Å². The lowest BCUT2D eigenvalue weighted by atomic mass is 9.93. The lowest BCUT2D eigenvalue weighted by Gasteiger charge is -2.11. The number of aliphatic hydroxyl groups excluding tert-OH is 1. The Labute approximate surface area is 172 Å². The van der Waals surface area contributed by atoms with Crippen LogP contribution in [0.1, 0.15) is 116 Å². The number of hydrogen-bond acceptors (Lipinski definition) is 3. The number of carbonyl (C=O) groups excluding carboxylic acids is 2. The van der Waals surface area contributed by atoms with E-state index in [1.807, 2.05) is 0 Å². The maximum Gasteiger partial charge on any atom is 0.234 e. The van der Waals surface area contributed by atoms with E-state index in [0.29, 0.717) is 6.42 Å². The van der Waals surface area contributed by atoms with E-state index in [-0.39, 0.29) is 30.8 Å². The lowest BCUT2D eigenvalue weighted by Crippen LogP contribution is -2.23. The molecule has 0 aromatic rings. The third-order valence-corrected chi connectivity index (χ3v) is 5.78. The fraction of sp³-hybridized carbons (Fsp3) is 0.833. The van der Waals surface area contributed by atoms with Crippen molar-refractivity contribution in [1.82, 2.24) is 5.32 Å². The van der Waals surface area contributed by atoms with E-state index in [1.54, 1.807) is 0 Å². The van der Waals surface area contributed by atoms with Crippen molar-refractivity contribution in [3.63, 3.8) is 0 Å². The second-order valence-electron chi connectivity index (χ2n) is 8.31. The molecule has 0 aromatic carbocycles. The summed E-state index contributed by atoms with van der Waals surface area (Å²) < 4.78 is 0. The predicted octanol–water partition coefficient (Wildman–Crippen LogP) is 5.83. The molecule has 2 amide bonds. The minimum absolute atomic E-state index is 0.0303. The van der Waals surface area contributed by atoms with Crippen LogP contribution in [-0.4, -0.2) is 23.5 Å². The van der Waals surface area contributed by atoms with Gasteiger partial charge in [-0.15, -0.1) is 0 Å². The van der Waals surface area contributed by atoms with Crippen LogP contribution in [0.3, 0.4) is 0 Å². The van der Waals surface area contributed by atoms with Gasteiger partial charge in [0.1, 0.15) is 0 Å². The Morgan fingerprint density at radius 1 is 0.893 bits per heavy atom. The zero-order valence-electron chi connectivity index (χ0n) is 18.1. The van der Waals surface area contributed by atoms with Gasteiger partial charge < -0.3 is 5.11 Å². The predicted molar refractivity (Wildman–Crippen MR) is 116 cm³/mol. The highest BCUT2D eigenvalue weighted by molar-refractivity contribution is 6.04. The van der Waals surface area contributed by atoms with E-state index in [9.17, 15) is 14.7 Å². The average molecular weight is 394 g/mol. The molecule has 0 bridgehead atoms. The van der Waals surface area contributed by atoms with Crippen LogP contribution < -0.4 is 5.32 Å². The normalized spacial score (nSPS) is 17.4. The Kier molecular flexibility index (Phi) is 14.9. The quantitative estimate of drug-likeness (QED) is 0.175. The molecular weight excluding hydrogens is 350 g/mol. The number of imide groups is 1. The van der Waals surface area contributed by atoms with Gasteiger partial charge in [0.2, 0.25) is 11.8 Å². The zero-order valence-corrected chi connectivity index (χ0v) is 18.1. The molecule has 162 valence electrons. The van der Waals surface area contributed by atoms with E-state index in [1.165, 1.54) is 83.5 Å². The van der Waals surface area contributed by atoms with Crippen LogP contribution in [0.15, 0.2) is 11.6 Å². The SMILES string of the molecule is CCCCCCCCCCCCCCCCC=C(CCO)C1CC(=O)NC1=O. The average Bonchev–Trinajstić information content (AvgIpc) is 3.02. The topological polar surface area (TPSA) is 66.4 Å². The molecule has 28 heavy (non-hydrogen) atoms. The van der Waals surface area contributed by atoms with Crippen molar-refractivity contribution in [2.45, 2.75) is 116 Å². The molecule has 1 atom stereocenters. The fourth-order valence-electron chi connectivity index (χ4n) is 4.03. The van der Waals surface area contributed by atoms with E-state index in [2.05, 4.69) is 18.3 Å². The third kappa shape index (κ3) is 11.6. The maximum atomic E-state index is 11.8. The lowest BCUT2D eigenvalue weighted by molar-refractivity contribution is -0.125. The van der Waals surface area contributed by atoms with Crippen molar-refractivity contribution in [1.29, 1.82) is 0 Å². The Bertz CT molecular complexity index is 459. The van der Waals surface area contributed by atoms with Crippen LogP contribution in [-0.2, 0) is 9.59 Å². The minimum Gasteiger partial charge on any atom is -0.396 e. The molecule has 0 radical (unpaired) electrons. The van der Waals surface area contributed by atoms with Crippen molar-refractivity contribution in [2.24, 2.45) is 5.92 Å². The maximum absolute atomic E-state index is 11.8. The number of rotatable bonds is 18. The highest BCUT2D eigenvalue weighted by atomic mass is 16.3. The first-order valence-corrected chi connectivity index (χ1v) is 11.8. The molecule has 2 N–H and O–H groups in total. The molecule has 1 rings (SSSR count). The summed E-state index contributed by atoms with van der Waals surface area (Å²) in [4.78, 5) is 23.2. The Hall–Kier alpha value is -1.16. The molecule has 0 aliphatic carbocycles. The summed E-state index contributed by atoms with van der Waals surface area (Å²) in [6, 6.07) is 0. The molecule has 1 aliphatic heterocycles. The van der Waals surface area contributed by atoms with Gasteiger partial charge in [0, 0.05) is 13.0 Å². The summed E-state index contributed by atoms with van der Waals surface area (Å²) in [5, 5.41) is 11.6. The monoisotopic (exact) mass is 393 g/mol. The summed E-state index contributed by atoms with van der Waals surface area (Å²) in [6.07, 6.45) is 22.6.